The summed E-state index contributed by atoms with van der Waals surface area (Å²) in [5.74, 6) is 0.260. The Morgan fingerprint density at radius 3 is 2.45 bits per heavy atom. The first-order chi connectivity index (χ1) is 14.2. The first-order valence-corrected chi connectivity index (χ1v) is 11.4. The Labute approximate surface area is 197 Å². The molecule has 0 radical (unpaired) electrons. The molecule has 5 nitrogen and oxygen atoms in total. The highest BCUT2D eigenvalue weighted by Crippen LogP contribution is 2.33. The molecule has 0 aliphatic carbocycles. The van der Waals surface area contributed by atoms with Gasteiger partial charge in [-0.2, -0.15) is 0 Å². The number of halogens is 2. The van der Waals surface area contributed by atoms with Gasteiger partial charge in [0.1, 0.15) is 11.3 Å². The largest absolute Gasteiger partial charge is 0.507 e. The minimum Gasteiger partial charge on any atom is -0.507 e. The van der Waals surface area contributed by atoms with Crippen molar-refractivity contribution in [2.75, 3.05) is 32.7 Å². The van der Waals surface area contributed by atoms with Crippen LogP contribution >= 0.6 is 24.8 Å². The van der Waals surface area contributed by atoms with Gasteiger partial charge >= 0.3 is 5.63 Å². The maximum Gasteiger partial charge on any atom is 0.341 e. The van der Waals surface area contributed by atoms with Crippen molar-refractivity contribution in [3.8, 4) is 5.75 Å². The van der Waals surface area contributed by atoms with Gasteiger partial charge in [-0.05, 0) is 68.5 Å². The first kappa shape index (κ1) is 26.0. The van der Waals surface area contributed by atoms with E-state index >= 15 is 0 Å². The number of likely N-dealkylation sites (tertiary alicyclic amines) is 1. The monoisotopic (exact) mass is 470 g/mol. The number of aromatic hydroxyl groups is 1. The molecule has 1 aromatic carbocycles. The van der Waals surface area contributed by atoms with E-state index in [-0.39, 0.29) is 36.2 Å². The van der Waals surface area contributed by atoms with Crippen molar-refractivity contribution < 1.29 is 9.52 Å². The third-order valence-corrected chi connectivity index (χ3v) is 6.57. The second-order valence-corrected chi connectivity index (χ2v) is 8.72. The van der Waals surface area contributed by atoms with Crippen molar-refractivity contribution in [1.82, 2.24) is 9.80 Å². The van der Waals surface area contributed by atoms with Gasteiger partial charge in [0.05, 0.1) is 10.9 Å². The number of piperidine rings is 1. The first-order valence-electron chi connectivity index (χ1n) is 11.4. The van der Waals surface area contributed by atoms with E-state index in [2.05, 4.69) is 16.7 Å². The Balaban J connectivity index is 0.00000171. The molecular formula is C24H36Cl2N2O3. The maximum atomic E-state index is 12.7. The lowest BCUT2D eigenvalue weighted by molar-refractivity contribution is 0.172. The second kappa shape index (κ2) is 12.1. The van der Waals surface area contributed by atoms with Gasteiger partial charge in [-0.25, -0.2) is 4.79 Å². The summed E-state index contributed by atoms with van der Waals surface area (Å²) in [5.41, 5.74) is 3.08. The lowest BCUT2D eigenvalue weighted by atomic mass is 9.95. The molecule has 31 heavy (non-hydrogen) atoms. The predicted octanol–water partition coefficient (Wildman–Crippen LogP) is 4.92. The Morgan fingerprint density at radius 1 is 0.968 bits per heavy atom. The number of rotatable bonds is 7. The molecule has 1 N–H and O–H groups in total. The number of unbranched alkanes of at least 4 members (excludes halogenated alkanes) is 2. The molecule has 0 unspecified atom stereocenters. The number of hydrogen-bond donors (Lipinski definition) is 1. The van der Waals surface area contributed by atoms with Crippen LogP contribution in [0.3, 0.4) is 0 Å². The zero-order valence-electron chi connectivity index (χ0n) is 18.5. The van der Waals surface area contributed by atoms with Crippen molar-refractivity contribution in [1.29, 1.82) is 0 Å². The molecule has 0 spiro atoms. The van der Waals surface area contributed by atoms with Crippen LogP contribution in [0.2, 0.25) is 0 Å². The average molecular weight is 471 g/mol. The summed E-state index contributed by atoms with van der Waals surface area (Å²) < 4.78 is 5.68. The summed E-state index contributed by atoms with van der Waals surface area (Å²) in [6.07, 6.45) is 9.07. The van der Waals surface area contributed by atoms with Crippen LogP contribution in [0.15, 0.2) is 21.3 Å². The number of hydrogen-bond acceptors (Lipinski definition) is 5. The molecule has 7 heteroatoms. The van der Waals surface area contributed by atoms with E-state index in [1.807, 2.05) is 12.1 Å². The molecule has 0 atom stereocenters. The minimum absolute atomic E-state index is 0. The van der Waals surface area contributed by atoms with Crippen LogP contribution in [0.5, 0.6) is 5.75 Å². The van der Waals surface area contributed by atoms with Crippen LogP contribution in [-0.4, -0.2) is 47.6 Å². The zero-order chi connectivity index (χ0) is 20.2. The second-order valence-electron chi connectivity index (χ2n) is 8.72. The molecule has 1 saturated heterocycles. The number of benzene rings is 1. The molecule has 4 rings (SSSR count). The quantitative estimate of drug-likeness (QED) is 0.459. The zero-order valence-corrected chi connectivity index (χ0v) is 20.2. The third-order valence-electron chi connectivity index (χ3n) is 6.57. The molecule has 0 saturated carbocycles. The summed E-state index contributed by atoms with van der Waals surface area (Å²) in [5, 5.41) is 11.5. The van der Waals surface area contributed by atoms with E-state index in [9.17, 15) is 9.90 Å². The van der Waals surface area contributed by atoms with Crippen LogP contribution < -0.4 is 5.63 Å². The standard InChI is InChI=1S/C24H34N2O3.2ClH/c1-2-3-5-8-18-15-21(27)23-19-9-12-26(14-13-25-10-6-4-7-11-25)17-20(19)24(28)29-22(23)16-18;;/h15-16,27H,2-14,17H2,1H3;2*1H. The normalized spacial score (nSPS) is 17.1. The number of nitrogens with zero attached hydrogens (tertiary/aromatic N) is 2. The van der Waals surface area contributed by atoms with Gasteiger partial charge in [0.25, 0.3) is 0 Å². The highest BCUT2D eigenvalue weighted by molar-refractivity contribution is 5.88. The van der Waals surface area contributed by atoms with Crippen molar-refractivity contribution in [2.45, 2.75) is 64.8 Å². The molecular weight excluding hydrogens is 435 g/mol. The molecule has 2 aromatic rings. The topological polar surface area (TPSA) is 56.9 Å². The van der Waals surface area contributed by atoms with Crippen molar-refractivity contribution in [2.24, 2.45) is 0 Å². The smallest absolute Gasteiger partial charge is 0.341 e. The van der Waals surface area contributed by atoms with E-state index in [1.54, 1.807) is 0 Å². The number of fused-ring (bicyclic) bond motifs is 3. The van der Waals surface area contributed by atoms with Crippen LogP contribution in [0.25, 0.3) is 11.0 Å². The highest BCUT2D eigenvalue weighted by Gasteiger charge is 2.25. The highest BCUT2D eigenvalue weighted by atomic mass is 35.5. The van der Waals surface area contributed by atoms with Gasteiger partial charge in [-0.15, -0.1) is 24.8 Å². The fourth-order valence-electron chi connectivity index (χ4n) is 4.86. The summed E-state index contributed by atoms with van der Waals surface area (Å²) in [4.78, 5) is 17.6. The molecule has 2 aliphatic heterocycles. The van der Waals surface area contributed by atoms with E-state index in [0.29, 0.717) is 12.1 Å². The summed E-state index contributed by atoms with van der Waals surface area (Å²) >= 11 is 0. The van der Waals surface area contributed by atoms with Crippen molar-refractivity contribution in [3.05, 3.63) is 39.2 Å². The number of aryl methyl sites for hydroxylation is 1. The van der Waals surface area contributed by atoms with E-state index in [1.165, 1.54) is 38.8 Å². The molecule has 2 aliphatic rings. The van der Waals surface area contributed by atoms with Gasteiger partial charge in [-0.3, -0.25) is 4.90 Å². The van der Waals surface area contributed by atoms with Gasteiger partial charge in [0.15, 0.2) is 0 Å². The number of phenols is 1. The average Bonchev–Trinajstić information content (AvgIpc) is 2.73. The SMILES string of the molecule is CCCCCc1cc(O)c2c3c(c(=O)oc2c1)CN(CCN1CCCCC1)CC3.Cl.Cl. The fraction of sp³-hybridized carbons (Fsp3) is 0.625. The van der Waals surface area contributed by atoms with E-state index in [4.69, 9.17) is 4.42 Å². The van der Waals surface area contributed by atoms with E-state index < -0.39 is 0 Å². The Morgan fingerprint density at radius 2 is 1.71 bits per heavy atom. The number of phenolic OH excluding ortho intramolecular Hbond substituents is 1. The van der Waals surface area contributed by atoms with Crippen LogP contribution in [0, 0.1) is 0 Å². The summed E-state index contributed by atoms with van der Waals surface area (Å²) in [6.45, 7) is 8.19. The Hall–Kier alpha value is -1.27. The Bertz CT molecular complexity index is 910. The van der Waals surface area contributed by atoms with Gasteiger partial charge in [-0.1, -0.05) is 26.2 Å². The molecule has 3 heterocycles. The van der Waals surface area contributed by atoms with Crippen molar-refractivity contribution >= 4 is 35.8 Å². The van der Waals surface area contributed by atoms with Gasteiger partial charge < -0.3 is 14.4 Å². The molecule has 174 valence electrons. The van der Waals surface area contributed by atoms with Gasteiger partial charge in [0, 0.05) is 26.2 Å². The lowest BCUT2D eigenvalue weighted by Gasteiger charge is -2.32. The molecule has 1 aromatic heterocycles. The third kappa shape index (κ3) is 6.16. The lowest BCUT2D eigenvalue weighted by Crippen LogP contribution is -2.41. The maximum absolute atomic E-state index is 12.7. The summed E-state index contributed by atoms with van der Waals surface area (Å²) in [6, 6.07) is 3.82. The molecule has 0 bridgehead atoms. The van der Waals surface area contributed by atoms with Gasteiger partial charge in [0.2, 0.25) is 0 Å². The van der Waals surface area contributed by atoms with E-state index in [0.717, 1.165) is 67.4 Å². The molecule has 0 amide bonds. The molecule has 1 fully saturated rings. The minimum atomic E-state index is -0.236. The van der Waals surface area contributed by atoms with Crippen LogP contribution in [-0.2, 0) is 19.4 Å². The Kier molecular flexibility index (Phi) is 10.1. The van der Waals surface area contributed by atoms with Crippen LogP contribution in [0.4, 0.5) is 0 Å². The summed E-state index contributed by atoms with van der Waals surface area (Å²) in [7, 11) is 0. The predicted molar refractivity (Wildman–Crippen MR) is 131 cm³/mol. The fourth-order valence-corrected chi connectivity index (χ4v) is 4.86. The van der Waals surface area contributed by atoms with Crippen molar-refractivity contribution in [3.63, 3.8) is 0 Å². The van der Waals surface area contributed by atoms with Crippen LogP contribution in [0.1, 0.15) is 62.1 Å².